The maximum absolute atomic E-state index is 8.97. The van der Waals surface area contributed by atoms with Crippen LogP contribution in [0.1, 0.15) is 17.6 Å². The number of aromatic nitrogens is 2. The number of rotatable bonds is 2. The second kappa shape index (κ2) is 4.65. The first kappa shape index (κ1) is 10.5. The summed E-state index contributed by atoms with van der Waals surface area (Å²) in [6.07, 6.45) is 1.58. The summed E-state index contributed by atoms with van der Waals surface area (Å²) in [6.45, 7) is 2.39. The standard InChI is InChI=1S/C10H15N3O2/c1-13-4-5-15-9(6-13)10-11-3-2-8(7-14)12-10/h2-3,9,14H,4-7H2,1H3/t9-/m0/s1. The summed E-state index contributed by atoms with van der Waals surface area (Å²) in [5, 5.41) is 8.97. The van der Waals surface area contributed by atoms with Crippen LogP contribution >= 0.6 is 0 Å². The molecule has 0 saturated carbocycles. The van der Waals surface area contributed by atoms with Gasteiger partial charge in [0, 0.05) is 19.3 Å². The van der Waals surface area contributed by atoms with Crippen LogP contribution in [0.3, 0.4) is 0 Å². The van der Waals surface area contributed by atoms with Crippen molar-refractivity contribution in [3.05, 3.63) is 23.8 Å². The number of aliphatic hydroxyl groups is 1. The SMILES string of the molecule is CN1CCO[C@H](c2nccc(CO)n2)C1. The Bertz CT molecular complexity index is 332. The molecule has 82 valence electrons. The number of aliphatic hydroxyl groups excluding tert-OH is 1. The van der Waals surface area contributed by atoms with E-state index < -0.39 is 0 Å². The minimum absolute atomic E-state index is 0.0575. The molecule has 2 rings (SSSR count). The molecule has 0 aromatic carbocycles. The minimum Gasteiger partial charge on any atom is -0.390 e. The van der Waals surface area contributed by atoms with E-state index in [0.29, 0.717) is 18.1 Å². The average Bonchev–Trinajstić information content (AvgIpc) is 2.29. The number of morpholine rings is 1. The van der Waals surface area contributed by atoms with Crippen LogP contribution in [0.25, 0.3) is 0 Å². The van der Waals surface area contributed by atoms with Crippen LogP contribution in [-0.2, 0) is 11.3 Å². The van der Waals surface area contributed by atoms with Crippen molar-refractivity contribution in [2.45, 2.75) is 12.7 Å². The highest BCUT2D eigenvalue weighted by atomic mass is 16.5. The van der Waals surface area contributed by atoms with Gasteiger partial charge in [-0.3, -0.25) is 0 Å². The van der Waals surface area contributed by atoms with E-state index in [1.807, 2.05) is 7.05 Å². The fourth-order valence-corrected chi connectivity index (χ4v) is 1.59. The molecule has 1 saturated heterocycles. The molecule has 0 aliphatic carbocycles. The van der Waals surface area contributed by atoms with Crippen LogP contribution in [0.2, 0.25) is 0 Å². The quantitative estimate of drug-likeness (QED) is 0.741. The van der Waals surface area contributed by atoms with E-state index in [1.54, 1.807) is 12.3 Å². The molecule has 0 spiro atoms. The second-order valence-electron chi connectivity index (χ2n) is 3.69. The Labute approximate surface area is 88.7 Å². The van der Waals surface area contributed by atoms with Crippen molar-refractivity contribution in [1.29, 1.82) is 0 Å². The van der Waals surface area contributed by atoms with Crippen molar-refractivity contribution >= 4 is 0 Å². The van der Waals surface area contributed by atoms with E-state index in [4.69, 9.17) is 9.84 Å². The van der Waals surface area contributed by atoms with E-state index in [2.05, 4.69) is 14.9 Å². The highest BCUT2D eigenvalue weighted by molar-refractivity contribution is 5.03. The van der Waals surface area contributed by atoms with E-state index in [-0.39, 0.29) is 12.7 Å². The third-order valence-electron chi connectivity index (χ3n) is 2.45. The lowest BCUT2D eigenvalue weighted by Gasteiger charge is -2.29. The van der Waals surface area contributed by atoms with Gasteiger partial charge in [-0.2, -0.15) is 0 Å². The topological polar surface area (TPSA) is 58.5 Å². The van der Waals surface area contributed by atoms with Crippen LogP contribution < -0.4 is 0 Å². The summed E-state index contributed by atoms with van der Waals surface area (Å²) < 4.78 is 5.59. The van der Waals surface area contributed by atoms with Crippen LogP contribution in [0.4, 0.5) is 0 Å². The normalized spacial score (nSPS) is 22.9. The van der Waals surface area contributed by atoms with Gasteiger partial charge in [-0.25, -0.2) is 9.97 Å². The van der Waals surface area contributed by atoms with Gasteiger partial charge in [0.15, 0.2) is 5.82 Å². The number of ether oxygens (including phenoxy) is 1. The fourth-order valence-electron chi connectivity index (χ4n) is 1.59. The summed E-state index contributed by atoms with van der Waals surface area (Å²) in [5.74, 6) is 0.660. The van der Waals surface area contributed by atoms with Gasteiger partial charge in [-0.15, -0.1) is 0 Å². The third-order valence-corrected chi connectivity index (χ3v) is 2.45. The first-order valence-corrected chi connectivity index (χ1v) is 5.02. The molecule has 2 heterocycles. The summed E-state index contributed by atoms with van der Waals surface area (Å²) in [5.41, 5.74) is 0.636. The summed E-state index contributed by atoms with van der Waals surface area (Å²) >= 11 is 0. The lowest BCUT2D eigenvalue weighted by atomic mass is 10.2. The number of likely N-dealkylation sites (N-methyl/N-ethyl adjacent to an activating group) is 1. The zero-order chi connectivity index (χ0) is 10.7. The highest BCUT2D eigenvalue weighted by Crippen LogP contribution is 2.17. The average molecular weight is 209 g/mol. The Morgan fingerprint density at radius 2 is 2.53 bits per heavy atom. The van der Waals surface area contributed by atoms with E-state index in [1.165, 1.54) is 0 Å². The van der Waals surface area contributed by atoms with Crippen LogP contribution in [0.5, 0.6) is 0 Å². The molecular formula is C10H15N3O2. The molecule has 5 heteroatoms. The zero-order valence-corrected chi connectivity index (χ0v) is 8.76. The summed E-state index contributed by atoms with van der Waals surface area (Å²) in [6, 6.07) is 1.70. The van der Waals surface area contributed by atoms with Gasteiger partial charge >= 0.3 is 0 Å². The van der Waals surface area contributed by atoms with Gasteiger partial charge in [0.1, 0.15) is 6.10 Å². The molecule has 5 nitrogen and oxygen atoms in total. The molecule has 0 unspecified atom stereocenters. The van der Waals surface area contributed by atoms with Gasteiger partial charge in [0.2, 0.25) is 0 Å². The molecule has 1 aliphatic heterocycles. The lowest BCUT2D eigenvalue weighted by Crippen LogP contribution is -2.36. The van der Waals surface area contributed by atoms with Crippen molar-refractivity contribution in [3.8, 4) is 0 Å². The molecule has 15 heavy (non-hydrogen) atoms. The van der Waals surface area contributed by atoms with Crippen molar-refractivity contribution < 1.29 is 9.84 Å². The van der Waals surface area contributed by atoms with Crippen molar-refractivity contribution in [2.24, 2.45) is 0 Å². The Balaban J connectivity index is 2.13. The largest absolute Gasteiger partial charge is 0.390 e. The predicted octanol–water partition coefficient (Wildman–Crippen LogP) is -0.0280. The smallest absolute Gasteiger partial charge is 0.158 e. The molecule has 1 atom stereocenters. The molecule has 1 N–H and O–H groups in total. The van der Waals surface area contributed by atoms with E-state index in [0.717, 1.165) is 13.1 Å². The number of hydrogen-bond donors (Lipinski definition) is 1. The second-order valence-corrected chi connectivity index (χ2v) is 3.69. The first-order valence-electron chi connectivity index (χ1n) is 5.02. The van der Waals surface area contributed by atoms with Crippen molar-refractivity contribution in [1.82, 2.24) is 14.9 Å². The molecule has 1 fully saturated rings. The molecule has 1 aromatic heterocycles. The summed E-state index contributed by atoms with van der Waals surface area (Å²) in [4.78, 5) is 10.6. The van der Waals surface area contributed by atoms with Gasteiger partial charge in [-0.1, -0.05) is 0 Å². The highest BCUT2D eigenvalue weighted by Gasteiger charge is 2.21. The minimum atomic E-state index is -0.0738. The Hall–Kier alpha value is -1.04. The van der Waals surface area contributed by atoms with Gasteiger partial charge in [-0.05, 0) is 13.1 Å². The molecule has 0 amide bonds. The summed E-state index contributed by atoms with van der Waals surface area (Å²) in [7, 11) is 2.05. The van der Waals surface area contributed by atoms with Gasteiger partial charge in [0.05, 0.1) is 18.9 Å². The van der Waals surface area contributed by atoms with Gasteiger partial charge < -0.3 is 14.7 Å². The number of nitrogens with zero attached hydrogens (tertiary/aromatic N) is 3. The third kappa shape index (κ3) is 2.50. The van der Waals surface area contributed by atoms with Crippen LogP contribution in [0, 0.1) is 0 Å². The Morgan fingerprint density at radius 1 is 1.67 bits per heavy atom. The van der Waals surface area contributed by atoms with Crippen molar-refractivity contribution in [3.63, 3.8) is 0 Å². The first-order chi connectivity index (χ1) is 7.29. The molecule has 1 aromatic rings. The number of hydrogen-bond acceptors (Lipinski definition) is 5. The van der Waals surface area contributed by atoms with Gasteiger partial charge in [0.25, 0.3) is 0 Å². The Kier molecular flexibility index (Phi) is 3.25. The molecular weight excluding hydrogens is 194 g/mol. The molecule has 1 aliphatic rings. The zero-order valence-electron chi connectivity index (χ0n) is 8.76. The maximum atomic E-state index is 8.97. The molecule has 0 bridgehead atoms. The fraction of sp³-hybridized carbons (Fsp3) is 0.600. The Morgan fingerprint density at radius 3 is 3.27 bits per heavy atom. The van der Waals surface area contributed by atoms with Crippen molar-refractivity contribution in [2.75, 3.05) is 26.7 Å². The predicted molar refractivity (Wildman–Crippen MR) is 54.1 cm³/mol. The van der Waals surface area contributed by atoms with E-state index in [9.17, 15) is 0 Å². The van der Waals surface area contributed by atoms with E-state index >= 15 is 0 Å². The maximum Gasteiger partial charge on any atom is 0.158 e. The lowest BCUT2D eigenvalue weighted by molar-refractivity contribution is -0.0256. The monoisotopic (exact) mass is 209 g/mol. The van der Waals surface area contributed by atoms with Crippen LogP contribution in [-0.4, -0.2) is 46.7 Å². The molecule has 0 radical (unpaired) electrons. The van der Waals surface area contributed by atoms with Crippen LogP contribution in [0.15, 0.2) is 12.3 Å².